The van der Waals surface area contributed by atoms with Crippen molar-refractivity contribution >= 4 is 5.94 Å². The summed E-state index contributed by atoms with van der Waals surface area (Å²) in [6.07, 6.45) is 2.04. The number of hydrogen-bond acceptors (Lipinski definition) is 4. The summed E-state index contributed by atoms with van der Waals surface area (Å²) in [6.45, 7) is 5.36. The van der Waals surface area contributed by atoms with Crippen molar-refractivity contribution in [2.24, 2.45) is 0 Å². The highest BCUT2D eigenvalue weighted by Crippen LogP contribution is 2.21. The Morgan fingerprint density at radius 3 is 2.73 bits per heavy atom. The maximum atomic E-state index is 10.8. The summed E-state index contributed by atoms with van der Waals surface area (Å²) >= 11 is 0. The summed E-state index contributed by atoms with van der Waals surface area (Å²) in [7, 11) is 1.98. The average molecular weight is 209 g/mol. The van der Waals surface area contributed by atoms with Crippen molar-refractivity contribution in [3.8, 4) is 0 Å². The van der Waals surface area contributed by atoms with Crippen LogP contribution in [0.5, 0.6) is 0 Å². The Hall–Kier alpha value is -0.830. The Balaban J connectivity index is 1.96. The highest BCUT2D eigenvalue weighted by Gasteiger charge is 2.27. The van der Waals surface area contributed by atoms with Crippen LogP contribution in [0.1, 0.15) is 12.8 Å². The molecule has 2 fully saturated rings. The van der Waals surface area contributed by atoms with Gasteiger partial charge < -0.3 is 10.2 Å². The van der Waals surface area contributed by atoms with Gasteiger partial charge in [0.05, 0.1) is 0 Å². The Morgan fingerprint density at radius 2 is 2.07 bits per heavy atom. The first kappa shape index (κ1) is 10.7. The van der Waals surface area contributed by atoms with E-state index in [-0.39, 0.29) is 0 Å². The summed E-state index contributed by atoms with van der Waals surface area (Å²) in [5, 5.41) is 3.35. The number of likely N-dealkylation sites (tertiary alicyclic amines) is 1. The van der Waals surface area contributed by atoms with Gasteiger partial charge in [-0.3, -0.25) is 4.90 Å². The number of nitrogens with zero attached hydrogens (tertiary/aromatic N) is 2. The molecule has 2 heterocycles. The second-order valence-corrected chi connectivity index (χ2v) is 4.40. The Bertz CT molecular complexity index is 267. The quantitative estimate of drug-likeness (QED) is 0.602. The zero-order valence-electron chi connectivity index (χ0n) is 9.33. The zero-order chi connectivity index (χ0) is 10.7. The molecular weight excluding hydrogens is 190 g/mol. The molecule has 1 N–H and O–H groups in total. The Kier molecular flexibility index (Phi) is 3.41. The van der Waals surface area contributed by atoms with E-state index in [4.69, 9.17) is 0 Å². The van der Waals surface area contributed by atoms with Gasteiger partial charge in [-0.1, -0.05) is 0 Å². The lowest BCUT2D eigenvalue weighted by atomic mass is 10.0. The largest absolute Gasteiger partial charge is 0.369 e. The minimum atomic E-state index is 0.555. The number of piperazine rings is 1. The van der Waals surface area contributed by atoms with E-state index in [1.807, 2.05) is 11.9 Å². The van der Waals surface area contributed by atoms with Gasteiger partial charge in [-0.05, 0) is 6.42 Å². The highest BCUT2D eigenvalue weighted by atomic mass is 16.1. The van der Waals surface area contributed by atoms with Crippen LogP contribution in [0.15, 0.2) is 5.70 Å². The van der Waals surface area contributed by atoms with Gasteiger partial charge in [-0.15, -0.1) is 0 Å². The standard InChI is InChI=1S/C11H19N3O/c1-13-5-2-10(8-11(13)9-15)14-6-3-12-4-7-14/h10,12H,2-8H2,1H3. The molecule has 1 unspecified atom stereocenters. The second-order valence-electron chi connectivity index (χ2n) is 4.40. The maximum Gasteiger partial charge on any atom is 0.145 e. The SMILES string of the molecule is CN1CCC(N2CCNCC2)CC1=C=O. The molecule has 84 valence electrons. The molecular formula is C11H19N3O. The maximum absolute atomic E-state index is 10.8. The molecule has 1 atom stereocenters. The molecule has 2 saturated heterocycles. The lowest BCUT2D eigenvalue weighted by Crippen LogP contribution is -2.51. The molecule has 4 heteroatoms. The van der Waals surface area contributed by atoms with Gasteiger partial charge in [0.1, 0.15) is 11.6 Å². The van der Waals surface area contributed by atoms with E-state index in [1.165, 1.54) is 6.42 Å². The molecule has 0 aromatic heterocycles. The fraction of sp³-hybridized carbons (Fsp3) is 0.818. The predicted octanol–water partition coefficient (Wildman–Crippen LogP) is -0.299. The molecule has 0 radical (unpaired) electrons. The van der Waals surface area contributed by atoms with Crippen LogP contribution in [0.25, 0.3) is 0 Å². The van der Waals surface area contributed by atoms with Crippen LogP contribution in [0.2, 0.25) is 0 Å². The summed E-state index contributed by atoms with van der Waals surface area (Å²) in [6, 6.07) is 0.555. The molecule has 0 bridgehead atoms. The number of rotatable bonds is 1. The minimum absolute atomic E-state index is 0.555. The fourth-order valence-corrected chi connectivity index (χ4v) is 2.44. The molecule has 0 amide bonds. The smallest absolute Gasteiger partial charge is 0.145 e. The molecule has 0 saturated carbocycles. The van der Waals surface area contributed by atoms with Crippen LogP contribution in [-0.2, 0) is 4.79 Å². The van der Waals surface area contributed by atoms with Crippen molar-refractivity contribution in [2.45, 2.75) is 18.9 Å². The van der Waals surface area contributed by atoms with E-state index in [1.54, 1.807) is 0 Å². The second kappa shape index (κ2) is 4.79. The van der Waals surface area contributed by atoms with Gasteiger partial charge in [-0.2, -0.15) is 0 Å². The molecule has 0 spiro atoms. The van der Waals surface area contributed by atoms with Crippen molar-refractivity contribution in [3.05, 3.63) is 5.70 Å². The lowest BCUT2D eigenvalue weighted by molar-refractivity contribution is 0.131. The Morgan fingerprint density at radius 1 is 1.33 bits per heavy atom. The lowest BCUT2D eigenvalue weighted by Gasteiger charge is -2.40. The van der Waals surface area contributed by atoms with Crippen LogP contribution in [0, 0.1) is 0 Å². The zero-order valence-corrected chi connectivity index (χ0v) is 9.33. The van der Waals surface area contributed by atoms with Crippen LogP contribution in [-0.4, -0.2) is 61.6 Å². The van der Waals surface area contributed by atoms with Crippen molar-refractivity contribution in [3.63, 3.8) is 0 Å². The average Bonchev–Trinajstić information content (AvgIpc) is 2.31. The summed E-state index contributed by atoms with van der Waals surface area (Å²) < 4.78 is 0. The third-order valence-corrected chi connectivity index (χ3v) is 3.47. The monoisotopic (exact) mass is 209 g/mol. The first-order valence-electron chi connectivity index (χ1n) is 5.71. The summed E-state index contributed by atoms with van der Waals surface area (Å²) in [5.74, 6) is 2.07. The van der Waals surface area contributed by atoms with Gasteiger partial charge in [0.15, 0.2) is 0 Å². The van der Waals surface area contributed by atoms with E-state index < -0.39 is 0 Å². The summed E-state index contributed by atoms with van der Waals surface area (Å²) in [4.78, 5) is 15.3. The van der Waals surface area contributed by atoms with Crippen LogP contribution in [0.3, 0.4) is 0 Å². The number of piperidine rings is 1. The van der Waals surface area contributed by atoms with Crippen molar-refractivity contribution in [1.82, 2.24) is 15.1 Å². The summed E-state index contributed by atoms with van der Waals surface area (Å²) in [5.41, 5.74) is 0.838. The minimum Gasteiger partial charge on any atom is -0.369 e. The third-order valence-electron chi connectivity index (χ3n) is 3.47. The van der Waals surface area contributed by atoms with Crippen molar-refractivity contribution < 1.29 is 4.79 Å². The van der Waals surface area contributed by atoms with E-state index in [0.717, 1.165) is 44.8 Å². The van der Waals surface area contributed by atoms with Gasteiger partial charge in [0.2, 0.25) is 0 Å². The highest BCUT2D eigenvalue weighted by molar-refractivity contribution is 5.52. The normalized spacial score (nSPS) is 29.0. The molecule has 2 rings (SSSR count). The van der Waals surface area contributed by atoms with Gasteiger partial charge in [0.25, 0.3) is 0 Å². The molecule has 0 aromatic carbocycles. The van der Waals surface area contributed by atoms with E-state index >= 15 is 0 Å². The fourth-order valence-electron chi connectivity index (χ4n) is 2.44. The molecule has 4 nitrogen and oxygen atoms in total. The van der Waals surface area contributed by atoms with Crippen LogP contribution in [0.4, 0.5) is 0 Å². The molecule has 0 aromatic rings. The predicted molar refractivity (Wildman–Crippen MR) is 59.3 cm³/mol. The van der Waals surface area contributed by atoms with E-state index in [2.05, 4.69) is 16.2 Å². The molecule has 2 aliphatic heterocycles. The van der Waals surface area contributed by atoms with Crippen molar-refractivity contribution in [1.29, 1.82) is 0 Å². The number of carbonyl (C=O) groups excluding carboxylic acids is 1. The van der Waals surface area contributed by atoms with Crippen LogP contribution >= 0.6 is 0 Å². The first-order valence-corrected chi connectivity index (χ1v) is 5.71. The third kappa shape index (κ3) is 2.40. The van der Waals surface area contributed by atoms with Gasteiger partial charge >= 0.3 is 0 Å². The number of nitrogens with one attached hydrogen (secondary N) is 1. The van der Waals surface area contributed by atoms with Gasteiger partial charge in [0, 0.05) is 52.2 Å². The van der Waals surface area contributed by atoms with Gasteiger partial charge in [-0.25, -0.2) is 4.79 Å². The van der Waals surface area contributed by atoms with E-state index in [9.17, 15) is 4.79 Å². The molecule has 15 heavy (non-hydrogen) atoms. The number of hydrogen-bond donors (Lipinski definition) is 1. The van der Waals surface area contributed by atoms with Crippen molar-refractivity contribution in [2.75, 3.05) is 39.8 Å². The molecule has 2 aliphatic rings. The van der Waals surface area contributed by atoms with Crippen LogP contribution < -0.4 is 5.32 Å². The molecule has 0 aliphatic carbocycles. The topological polar surface area (TPSA) is 35.6 Å². The Labute approximate surface area is 90.9 Å². The van der Waals surface area contributed by atoms with E-state index in [0.29, 0.717) is 6.04 Å². The first-order chi connectivity index (χ1) is 7.31.